The smallest absolute Gasteiger partial charge is 0.410 e. The standard InChI is InChI=1S/C23H36ClN3O2.C18H28ClN3/c1-18-16-26(21(28)29-22(2,3)4)14-15-27(18)23(5)10-12-25(13-11-23)17-19-6-8-20(24)9-7-19;1-15-13-20-9-12-22(15)18(2)7-10-21(11-8-18)14-16-3-5-17(19)6-4-16/h6-9,18H,10-17H2,1-5H3;3-6,15,20H,7-14H2,1-2H3/t18-;15-/m00/s1. The Labute approximate surface area is 318 Å². The molecule has 0 aromatic heterocycles. The first-order chi connectivity index (χ1) is 24.1. The molecule has 0 radical (unpaired) electrons. The second kappa shape index (κ2) is 17.5. The van der Waals surface area contributed by atoms with Crippen LogP contribution in [-0.4, -0.2) is 125 Å². The maximum absolute atomic E-state index is 12.4. The molecule has 1 N–H and O–H groups in total. The van der Waals surface area contributed by atoms with Crippen LogP contribution in [0.4, 0.5) is 4.79 Å². The fourth-order valence-corrected chi connectivity index (χ4v) is 8.80. The number of carbonyl (C=O) groups excluding carboxylic acids is 1. The number of likely N-dealkylation sites (tertiary alicyclic amines) is 2. The fraction of sp³-hybridized carbons (Fsp3) is 0.683. The van der Waals surface area contributed by atoms with Crippen molar-refractivity contribution in [3.8, 4) is 0 Å². The van der Waals surface area contributed by atoms with Gasteiger partial charge in [-0.15, -0.1) is 0 Å². The van der Waals surface area contributed by atoms with Crippen LogP contribution in [0.1, 0.15) is 85.3 Å². The van der Waals surface area contributed by atoms with E-state index in [1.807, 2.05) is 49.9 Å². The third-order valence-electron chi connectivity index (χ3n) is 11.7. The van der Waals surface area contributed by atoms with E-state index in [9.17, 15) is 4.79 Å². The summed E-state index contributed by atoms with van der Waals surface area (Å²) in [5, 5.41) is 5.12. The number of piperidine rings is 2. The van der Waals surface area contributed by atoms with Crippen molar-refractivity contribution in [2.24, 2.45) is 0 Å². The van der Waals surface area contributed by atoms with Gasteiger partial charge in [0.2, 0.25) is 0 Å². The summed E-state index contributed by atoms with van der Waals surface area (Å²) in [5.41, 5.74) is 2.80. The number of benzene rings is 2. The minimum Gasteiger partial charge on any atom is -0.444 e. The number of rotatable bonds is 6. The topological polar surface area (TPSA) is 54.5 Å². The molecule has 0 unspecified atom stereocenters. The van der Waals surface area contributed by atoms with Crippen molar-refractivity contribution >= 4 is 29.3 Å². The molecular weight excluding hydrogens is 679 g/mol. The van der Waals surface area contributed by atoms with Gasteiger partial charge in [0.15, 0.2) is 0 Å². The zero-order valence-corrected chi connectivity index (χ0v) is 33.9. The highest BCUT2D eigenvalue weighted by molar-refractivity contribution is 6.30. The van der Waals surface area contributed by atoms with Crippen LogP contribution in [0.25, 0.3) is 0 Å². The first-order valence-electron chi connectivity index (χ1n) is 19.3. The van der Waals surface area contributed by atoms with Crippen molar-refractivity contribution in [1.29, 1.82) is 0 Å². The highest BCUT2D eigenvalue weighted by atomic mass is 35.5. The third-order valence-corrected chi connectivity index (χ3v) is 12.2. The summed E-state index contributed by atoms with van der Waals surface area (Å²) in [5.74, 6) is 0. The first-order valence-corrected chi connectivity index (χ1v) is 20.0. The van der Waals surface area contributed by atoms with Crippen LogP contribution >= 0.6 is 23.2 Å². The van der Waals surface area contributed by atoms with Crippen LogP contribution in [0.3, 0.4) is 0 Å². The van der Waals surface area contributed by atoms with Gasteiger partial charge in [-0.2, -0.15) is 0 Å². The number of halogens is 2. The van der Waals surface area contributed by atoms with Crippen LogP contribution in [0.5, 0.6) is 0 Å². The van der Waals surface area contributed by atoms with Crippen LogP contribution in [0.15, 0.2) is 48.5 Å². The number of ether oxygens (including phenoxy) is 1. The Morgan fingerprint density at radius 2 is 1.18 bits per heavy atom. The van der Waals surface area contributed by atoms with Gasteiger partial charge in [-0.25, -0.2) is 4.79 Å². The van der Waals surface area contributed by atoms with Gasteiger partial charge in [0, 0.05) is 112 Å². The third kappa shape index (κ3) is 11.3. The van der Waals surface area contributed by atoms with Crippen molar-refractivity contribution in [1.82, 2.24) is 29.8 Å². The zero-order chi connectivity index (χ0) is 36.8. The first kappa shape index (κ1) is 40.3. The normalized spacial score (nSPS) is 25.2. The summed E-state index contributed by atoms with van der Waals surface area (Å²) in [7, 11) is 0. The van der Waals surface area contributed by atoms with E-state index in [0.29, 0.717) is 17.6 Å². The molecular formula is C41H64Cl2N6O2. The zero-order valence-electron chi connectivity index (χ0n) is 32.4. The molecule has 2 aromatic carbocycles. The van der Waals surface area contributed by atoms with Gasteiger partial charge < -0.3 is 15.0 Å². The number of carbonyl (C=O) groups is 1. The number of hydrogen-bond donors (Lipinski definition) is 1. The molecule has 0 bridgehead atoms. The molecule has 2 aromatic rings. The van der Waals surface area contributed by atoms with Crippen molar-refractivity contribution < 1.29 is 9.53 Å². The Balaban J connectivity index is 0.000000205. The molecule has 10 heteroatoms. The molecule has 6 rings (SSSR count). The minimum absolute atomic E-state index is 0.188. The van der Waals surface area contributed by atoms with E-state index < -0.39 is 5.60 Å². The molecule has 0 aliphatic carbocycles. The second-order valence-corrected chi connectivity index (χ2v) is 17.9. The molecule has 4 aliphatic heterocycles. The van der Waals surface area contributed by atoms with Gasteiger partial charge in [-0.05, 0) is 110 Å². The molecule has 2 atom stereocenters. The lowest BCUT2D eigenvalue weighted by atomic mass is 9.85. The number of amides is 1. The van der Waals surface area contributed by atoms with Gasteiger partial charge >= 0.3 is 6.09 Å². The molecule has 8 nitrogen and oxygen atoms in total. The van der Waals surface area contributed by atoms with Gasteiger partial charge in [-0.1, -0.05) is 47.5 Å². The molecule has 0 saturated carbocycles. The van der Waals surface area contributed by atoms with E-state index in [1.165, 1.54) is 43.6 Å². The molecule has 4 fully saturated rings. The average Bonchev–Trinajstić information content (AvgIpc) is 3.08. The summed E-state index contributed by atoms with van der Waals surface area (Å²) in [4.78, 5) is 24.8. The predicted octanol–water partition coefficient (Wildman–Crippen LogP) is 7.62. The lowest BCUT2D eigenvalue weighted by Gasteiger charge is -2.52. The van der Waals surface area contributed by atoms with Gasteiger partial charge in [0.05, 0.1) is 0 Å². The van der Waals surface area contributed by atoms with E-state index in [2.05, 4.69) is 76.9 Å². The van der Waals surface area contributed by atoms with Crippen LogP contribution in [-0.2, 0) is 17.8 Å². The molecule has 4 aliphatic rings. The highest BCUT2D eigenvalue weighted by Gasteiger charge is 2.42. The van der Waals surface area contributed by atoms with E-state index in [4.69, 9.17) is 27.9 Å². The molecule has 4 heterocycles. The monoisotopic (exact) mass is 742 g/mol. The van der Waals surface area contributed by atoms with Crippen molar-refractivity contribution in [3.05, 3.63) is 69.7 Å². The summed E-state index contributed by atoms with van der Waals surface area (Å²) in [6, 6.07) is 17.4. The Hall–Kier alpha value is -1.91. The number of piperazine rings is 2. The van der Waals surface area contributed by atoms with Crippen LogP contribution in [0.2, 0.25) is 10.0 Å². The average molecular weight is 744 g/mol. The van der Waals surface area contributed by atoms with Crippen molar-refractivity contribution in [3.63, 3.8) is 0 Å². The Morgan fingerprint density at radius 1 is 0.725 bits per heavy atom. The lowest BCUT2D eigenvalue weighted by molar-refractivity contribution is -0.0413. The van der Waals surface area contributed by atoms with Gasteiger partial charge in [0.1, 0.15) is 5.60 Å². The SMILES string of the molecule is C[C@H]1CN(C(=O)OC(C)(C)C)CCN1C1(C)CCN(Cc2ccc(Cl)cc2)CC1.C[C@H]1CNCCN1C1(C)CCN(Cc2ccc(Cl)cc2)CC1. The summed E-state index contributed by atoms with van der Waals surface area (Å²) in [6.07, 6.45) is 4.65. The summed E-state index contributed by atoms with van der Waals surface area (Å²) >= 11 is 12.0. The van der Waals surface area contributed by atoms with E-state index in [-0.39, 0.29) is 11.6 Å². The Bertz CT molecular complexity index is 1380. The molecule has 51 heavy (non-hydrogen) atoms. The van der Waals surface area contributed by atoms with E-state index >= 15 is 0 Å². The van der Waals surface area contributed by atoms with Gasteiger partial charge in [-0.3, -0.25) is 19.6 Å². The summed E-state index contributed by atoms with van der Waals surface area (Å²) < 4.78 is 5.56. The van der Waals surface area contributed by atoms with Crippen LogP contribution < -0.4 is 5.32 Å². The van der Waals surface area contributed by atoms with E-state index in [0.717, 1.165) is 81.8 Å². The lowest BCUT2D eigenvalue weighted by Crippen LogP contribution is -2.63. The quantitative estimate of drug-likeness (QED) is 0.327. The Morgan fingerprint density at radius 3 is 1.59 bits per heavy atom. The minimum atomic E-state index is -0.444. The van der Waals surface area contributed by atoms with Gasteiger partial charge in [0.25, 0.3) is 0 Å². The largest absolute Gasteiger partial charge is 0.444 e. The maximum Gasteiger partial charge on any atom is 0.410 e. The molecule has 4 saturated heterocycles. The van der Waals surface area contributed by atoms with E-state index in [1.54, 1.807) is 0 Å². The molecule has 0 spiro atoms. The van der Waals surface area contributed by atoms with Crippen LogP contribution in [0, 0.1) is 0 Å². The Kier molecular flexibility index (Phi) is 13.8. The molecule has 284 valence electrons. The highest BCUT2D eigenvalue weighted by Crippen LogP contribution is 2.34. The second-order valence-electron chi connectivity index (χ2n) is 17.0. The number of hydrogen-bond acceptors (Lipinski definition) is 7. The summed E-state index contributed by atoms with van der Waals surface area (Å²) in [6.45, 7) is 27.7. The number of nitrogens with zero attached hydrogens (tertiary/aromatic N) is 5. The molecule has 1 amide bonds. The van der Waals surface area contributed by atoms with Crippen molar-refractivity contribution in [2.75, 3.05) is 65.4 Å². The fourth-order valence-electron chi connectivity index (χ4n) is 8.55. The maximum atomic E-state index is 12.4. The van der Waals surface area contributed by atoms with Crippen molar-refractivity contribution in [2.45, 2.75) is 116 Å². The number of nitrogens with one attached hydrogen (secondary N) is 1. The predicted molar refractivity (Wildman–Crippen MR) is 212 cm³/mol.